The summed E-state index contributed by atoms with van der Waals surface area (Å²) in [6, 6.07) is 57.7. The predicted molar refractivity (Wildman–Crippen MR) is 217 cm³/mol. The van der Waals surface area contributed by atoms with Crippen LogP contribution < -0.4 is 0 Å². The fourth-order valence-electron chi connectivity index (χ4n) is 7.39. The Morgan fingerprint density at radius 2 is 0.887 bits per heavy atom. The molecule has 0 unspecified atom stereocenters. The Morgan fingerprint density at radius 3 is 1.49 bits per heavy atom. The molecule has 0 saturated heterocycles. The highest BCUT2D eigenvalue weighted by Crippen LogP contribution is 2.41. The van der Waals surface area contributed by atoms with Crippen molar-refractivity contribution in [3.05, 3.63) is 189 Å². The molecule has 0 aliphatic rings. The monoisotopic (exact) mass is 677 g/mol. The molecule has 10 aromatic rings. The van der Waals surface area contributed by atoms with Gasteiger partial charge in [0.15, 0.2) is 5.58 Å². The maximum atomic E-state index is 6.66. The van der Waals surface area contributed by atoms with E-state index in [2.05, 4.69) is 162 Å². The summed E-state index contributed by atoms with van der Waals surface area (Å²) in [5.41, 5.74) is 13.5. The summed E-state index contributed by atoms with van der Waals surface area (Å²) in [4.78, 5) is 13.7. The van der Waals surface area contributed by atoms with E-state index in [1.807, 2.05) is 24.5 Å². The molecule has 0 aliphatic heterocycles. The number of hydrogen-bond acceptors (Lipinski definition) is 4. The summed E-state index contributed by atoms with van der Waals surface area (Å²) < 4.78 is 6.66. The van der Waals surface area contributed by atoms with Crippen LogP contribution in [0.25, 0.3) is 99.7 Å². The number of fused-ring (bicyclic) bond motifs is 4. The molecule has 0 saturated carbocycles. The Bertz CT molecular complexity index is 2900. The van der Waals surface area contributed by atoms with E-state index in [0.29, 0.717) is 5.89 Å². The number of benzene rings is 7. The second-order valence-corrected chi connectivity index (χ2v) is 13.3. The Balaban J connectivity index is 1.08. The lowest BCUT2D eigenvalue weighted by Crippen LogP contribution is -1.88. The van der Waals surface area contributed by atoms with Crippen LogP contribution in [0.3, 0.4) is 0 Å². The van der Waals surface area contributed by atoms with E-state index in [4.69, 9.17) is 9.40 Å². The van der Waals surface area contributed by atoms with Crippen molar-refractivity contribution in [1.82, 2.24) is 15.0 Å². The Hall–Kier alpha value is -7.17. The van der Waals surface area contributed by atoms with Gasteiger partial charge >= 0.3 is 0 Å². The summed E-state index contributed by atoms with van der Waals surface area (Å²) in [5, 5.41) is 4.88. The highest BCUT2D eigenvalue weighted by Gasteiger charge is 2.18. The van der Waals surface area contributed by atoms with E-state index in [-0.39, 0.29) is 0 Å². The molecule has 53 heavy (non-hydrogen) atoms. The van der Waals surface area contributed by atoms with Crippen molar-refractivity contribution in [3.8, 4) is 67.1 Å². The van der Waals surface area contributed by atoms with Crippen LogP contribution in [0.5, 0.6) is 0 Å². The molecule has 10 rings (SSSR count). The summed E-state index contributed by atoms with van der Waals surface area (Å²) in [6.45, 7) is 0. The van der Waals surface area contributed by atoms with E-state index < -0.39 is 0 Å². The average molecular weight is 678 g/mol. The first-order valence-electron chi connectivity index (χ1n) is 17.7. The molecule has 0 amide bonds. The zero-order valence-corrected chi connectivity index (χ0v) is 28.6. The number of pyridine rings is 2. The summed E-state index contributed by atoms with van der Waals surface area (Å²) in [6.07, 6.45) is 7.38. The normalized spacial score (nSPS) is 11.4. The molecule has 3 aromatic heterocycles. The Kier molecular flexibility index (Phi) is 7.43. The van der Waals surface area contributed by atoms with Crippen LogP contribution in [-0.2, 0) is 0 Å². The molecule has 0 bridgehead atoms. The summed E-state index contributed by atoms with van der Waals surface area (Å²) >= 11 is 0. The fraction of sp³-hybridized carbons (Fsp3) is 0. The minimum absolute atomic E-state index is 0.590. The van der Waals surface area contributed by atoms with Crippen LogP contribution in [-0.4, -0.2) is 15.0 Å². The van der Waals surface area contributed by atoms with Crippen LogP contribution in [0.1, 0.15) is 0 Å². The van der Waals surface area contributed by atoms with Crippen LogP contribution in [0.2, 0.25) is 0 Å². The molecule has 0 radical (unpaired) electrons. The molecular formula is C49H31N3O. The molecule has 3 heterocycles. The molecule has 0 fully saturated rings. The highest BCUT2D eigenvalue weighted by atomic mass is 16.3. The summed E-state index contributed by atoms with van der Waals surface area (Å²) in [7, 11) is 0. The van der Waals surface area contributed by atoms with Crippen LogP contribution in [0.4, 0.5) is 0 Å². The van der Waals surface area contributed by atoms with Gasteiger partial charge in [-0.25, -0.2) is 4.98 Å². The van der Waals surface area contributed by atoms with Gasteiger partial charge in [-0.3, -0.25) is 9.97 Å². The number of nitrogens with zero attached hydrogens (tertiary/aromatic N) is 3. The Morgan fingerprint density at radius 1 is 0.358 bits per heavy atom. The third-order valence-electron chi connectivity index (χ3n) is 10.1. The highest BCUT2D eigenvalue weighted by molar-refractivity contribution is 6.14. The SMILES string of the molecule is c1cncc(-c2ccc(-c3ccc(-c4nc5c(-c6ccc(-c7cccnc7)cc6)cc(-c6cc7ccccc7c7ccccc67)cc5o4)cc3)cc2)c1. The standard InChI is InChI=1S/C49H31N3O/c1-2-10-42-38(7-1)27-45(44-12-4-3-11-43(42)44)41-28-46(36-21-17-35(18-22-36)40-9-6-26-51-31-40)48-47(29-41)53-49(52-48)37-23-19-33(20-24-37)32-13-15-34(16-14-32)39-8-5-25-50-30-39/h1-31H. The van der Waals surface area contributed by atoms with Crippen molar-refractivity contribution < 1.29 is 4.42 Å². The van der Waals surface area contributed by atoms with E-state index in [9.17, 15) is 0 Å². The van der Waals surface area contributed by atoms with Gasteiger partial charge in [0.05, 0.1) is 0 Å². The summed E-state index contributed by atoms with van der Waals surface area (Å²) in [5.74, 6) is 0.590. The number of hydrogen-bond donors (Lipinski definition) is 0. The van der Waals surface area contributed by atoms with E-state index in [1.165, 1.54) is 21.5 Å². The van der Waals surface area contributed by atoms with Gasteiger partial charge in [0.25, 0.3) is 0 Å². The number of oxazole rings is 1. The van der Waals surface area contributed by atoms with Gasteiger partial charge in [-0.1, -0.05) is 121 Å². The van der Waals surface area contributed by atoms with Gasteiger partial charge in [0, 0.05) is 35.9 Å². The van der Waals surface area contributed by atoms with Crippen LogP contribution >= 0.6 is 0 Å². The average Bonchev–Trinajstić information content (AvgIpc) is 3.68. The zero-order chi connectivity index (χ0) is 35.1. The molecule has 0 N–H and O–H groups in total. The number of rotatable bonds is 6. The first-order chi connectivity index (χ1) is 26.2. The lowest BCUT2D eigenvalue weighted by Gasteiger charge is -2.13. The molecule has 4 nitrogen and oxygen atoms in total. The largest absolute Gasteiger partial charge is 0.436 e. The lowest BCUT2D eigenvalue weighted by atomic mass is 9.91. The smallest absolute Gasteiger partial charge is 0.227 e. The van der Waals surface area contributed by atoms with Gasteiger partial charge in [-0.15, -0.1) is 0 Å². The third-order valence-corrected chi connectivity index (χ3v) is 10.1. The van der Waals surface area contributed by atoms with E-state index in [1.54, 1.807) is 12.4 Å². The van der Waals surface area contributed by atoms with Crippen molar-refractivity contribution in [2.75, 3.05) is 0 Å². The van der Waals surface area contributed by atoms with Gasteiger partial charge in [-0.2, -0.15) is 0 Å². The van der Waals surface area contributed by atoms with Gasteiger partial charge < -0.3 is 4.42 Å². The van der Waals surface area contributed by atoms with Gasteiger partial charge in [0.1, 0.15) is 5.52 Å². The van der Waals surface area contributed by atoms with E-state index >= 15 is 0 Å². The van der Waals surface area contributed by atoms with Crippen molar-refractivity contribution >= 4 is 32.6 Å². The maximum Gasteiger partial charge on any atom is 0.227 e. The molecule has 0 aliphatic carbocycles. The number of aromatic nitrogens is 3. The van der Waals surface area contributed by atoms with E-state index in [0.717, 1.165) is 72.3 Å². The Labute approximate surface area is 306 Å². The van der Waals surface area contributed by atoms with Crippen molar-refractivity contribution in [2.24, 2.45) is 0 Å². The lowest BCUT2D eigenvalue weighted by molar-refractivity contribution is 0.620. The topological polar surface area (TPSA) is 51.8 Å². The van der Waals surface area contributed by atoms with Crippen LogP contribution in [0, 0.1) is 0 Å². The van der Waals surface area contributed by atoms with Gasteiger partial charge in [0.2, 0.25) is 5.89 Å². The minimum atomic E-state index is 0.590. The molecule has 0 atom stereocenters. The minimum Gasteiger partial charge on any atom is -0.436 e. The fourth-order valence-corrected chi connectivity index (χ4v) is 7.39. The van der Waals surface area contributed by atoms with Crippen LogP contribution in [0.15, 0.2) is 193 Å². The quantitative estimate of drug-likeness (QED) is 0.164. The molecule has 7 aromatic carbocycles. The predicted octanol–water partition coefficient (Wildman–Crippen LogP) is 12.9. The molecular weight excluding hydrogens is 647 g/mol. The van der Waals surface area contributed by atoms with Gasteiger partial charge in [-0.05, 0) is 114 Å². The second-order valence-electron chi connectivity index (χ2n) is 13.3. The second kappa shape index (κ2) is 12.9. The molecule has 248 valence electrons. The zero-order valence-electron chi connectivity index (χ0n) is 28.6. The third kappa shape index (κ3) is 5.63. The van der Waals surface area contributed by atoms with Crippen molar-refractivity contribution in [2.45, 2.75) is 0 Å². The first-order valence-corrected chi connectivity index (χ1v) is 17.7. The maximum absolute atomic E-state index is 6.66. The molecule has 0 spiro atoms. The van der Waals surface area contributed by atoms with Crippen molar-refractivity contribution in [1.29, 1.82) is 0 Å². The first kappa shape index (κ1) is 30.6. The molecule has 4 heteroatoms. The van der Waals surface area contributed by atoms with Crippen molar-refractivity contribution in [3.63, 3.8) is 0 Å².